The molecule has 16 heavy (non-hydrogen) atoms. The fourth-order valence-electron chi connectivity index (χ4n) is 1.36. The van der Waals surface area contributed by atoms with Crippen LogP contribution in [0.2, 0.25) is 0 Å². The van der Waals surface area contributed by atoms with Crippen molar-refractivity contribution in [3.05, 3.63) is 35.6 Å². The highest BCUT2D eigenvalue weighted by molar-refractivity contribution is 8.01. The summed E-state index contributed by atoms with van der Waals surface area (Å²) in [5, 5.41) is 1.99. The molecule has 0 aliphatic heterocycles. The highest BCUT2D eigenvalue weighted by Gasteiger charge is 2.06. The van der Waals surface area contributed by atoms with Crippen molar-refractivity contribution >= 4 is 23.1 Å². The molecule has 0 aromatic carbocycles. The van der Waals surface area contributed by atoms with Crippen molar-refractivity contribution in [2.45, 2.75) is 35.4 Å². The van der Waals surface area contributed by atoms with Crippen molar-refractivity contribution < 1.29 is 0 Å². The van der Waals surface area contributed by atoms with Crippen LogP contribution in [0.25, 0.3) is 0 Å². The summed E-state index contributed by atoms with van der Waals surface area (Å²) >= 11 is 3.34. The third-order valence-corrected chi connectivity index (χ3v) is 4.37. The van der Waals surface area contributed by atoms with Gasteiger partial charge in [-0.15, -0.1) is 11.3 Å². The average Bonchev–Trinajstić information content (AvgIpc) is 2.81. The molecule has 0 amide bonds. The minimum absolute atomic E-state index is 0.573. The Labute approximate surface area is 104 Å². The third kappa shape index (κ3) is 2.83. The quantitative estimate of drug-likeness (QED) is 0.813. The smallest absolute Gasteiger partial charge is 0.154 e. The second-order valence-corrected chi connectivity index (χ2v) is 5.88. The van der Waals surface area contributed by atoms with Gasteiger partial charge in [-0.05, 0) is 24.0 Å². The van der Waals surface area contributed by atoms with Crippen LogP contribution in [0.1, 0.15) is 31.7 Å². The highest BCUT2D eigenvalue weighted by Crippen LogP contribution is 2.30. The van der Waals surface area contributed by atoms with Gasteiger partial charge in [-0.2, -0.15) is 0 Å². The van der Waals surface area contributed by atoms with Crippen LogP contribution >= 0.6 is 23.1 Å². The van der Waals surface area contributed by atoms with Gasteiger partial charge in [0.1, 0.15) is 0 Å². The molecule has 84 valence electrons. The molecule has 4 heteroatoms. The minimum Gasteiger partial charge on any atom is -0.263 e. The molecular weight excluding hydrogens is 236 g/mol. The van der Waals surface area contributed by atoms with Crippen LogP contribution in [0, 0.1) is 0 Å². The van der Waals surface area contributed by atoms with Crippen molar-refractivity contribution in [3.63, 3.8) is 0 Å². The van der Waals surface area contributed by atoms with Gasteiger partial charge >= 0.3 is 0 Å². The summed E-state index contributed by atoms with van der Waals surface area (Å²) in [7, 11) is 0. The van der Waals surface area contributed by atoms with Gasteiger partial charge in [0, 0.05) is 28.9 Å². The van der Waals surface area contributed by atoms with E-state index in [0.717, 1.165) is 10.8 Å². The lowest BCUT2D eigenvalue weighted by Crippen LogP contribution is -1.92. The Balaban J connectivity index is 2.16. The molecule has 0 spiro atoms. The fraction of sp³-hybridized carbons (Fsp3) is 0.333. The van der Waals surface area contributed by atoms with Gasteiger partial charge in [0.25, 0.3) is 0 Å². The number of hydrogen-bond donors (Lipinski definition) is 0. The molecule has 1 unspecified atom stereocenters. The van der Waals surface area contributed by atoms with E-state index in [-0.39, 0.29) is 0 Å². The summed E-state index contributed by atoms with van der Waals surface area (Å²) in [6.45, 7) is 4.43. The van der Waals surface area contributed by atoms with Crippen LogP contribution in [0.15, 0.2) is 39.3 Å². The van der Waals surface area contributed by atoms with Gasteiger partial charge < -0.3 is 0 Å². The largest absolute Gasteiger partial charge is 0.263 e. The lowest BCUT2D eigenvalue weighted by Gasteiger charge is -2.08. The van der Waals surface area contributed by atoms with E-state index in [1.807, 2.05) is 24.0 Å². The molecule has 1 atom stereocenters. The van der Waals surface area contributed by atoms with E-state index in [1.165, 1.54) is 10.5 Å². The van der Waals surface area contributed by atoms with Crippen LogP contribution in [0.3, 0.4) is 0 Å². The van der Waals surface area contributed by atoms with Gasteiger partial charge in [0.05, 0.1) is 0 Å². The summed E-state index contributed by atoms with van der Waals surface area (Å²) in [6.07, 6.45) is 6.84. The van der Waals surface area contributed by atoms with E-state index in [9.17, 15) is 0 Å². The second-order valence-electron chi connectivity index (χ2n) is 3.66. The van der Waals surface area contributed by atoms with Crippen molar-refractivity contribution in [1.82, 2.24) is 9.97 Å². The Hall–Kier alpha value is -0.870. The molecular formula is C12H14N2S2. The zero-order valence-corrected chi connectivity index (χ0v) is 11.0. The van der Waals surface area contributed by atoms with Gasteiger partial charge in [-0.25, -0.2) is 4.98 Å². The fourth-order valence-corrected chi connectivity index (χ4v) is 2.99. The maximum absolute atomic E-state index is 4.29. The topological polar surface area (TPSA) is 25.8 Å². The van der Waals surface area contributed by atoms with Crippen LogP contribution < -0.4 is 0 Å². The van der Waals surface area contributed by atoms with E-state index < -0.39 is 0 Å². The molecule has 0 fully saturated rings. The second kappa shape index (κ2) is 5.46. The van der Waals surface area contributed by atoms with E-state index in [4.69, 9.17) is 0 Å². The predicted octanol–water partition coefficient (Wildman–Crippen LogP) is 4.20. The molecule has 2 heterocycles. The summed E-state index contributed by atoms with van der Waals surface area (Å²) < 4.78 is 1.07. The molecule has 0 aliphatic rings. The number of thiazole rings is 1. The molecule has 0 saturated heterocycles. The highest BCUT2D eigenvalue weighted by atomic mass is 32.2. The summed E-state index contributed by atoms with van der Waals surface area (Å²) in [5.41, 5.74) is 1.31. The van der Waals surface area contributed by atoms with E-state index in [0.29, 0.717) is 5.92 Å². The zero-order chi connectivity index (χ0) is 11.4. The first-order valence-corrected chi connectivity index (χ1v) is 7.01. The first-order valence-electron chi connectivity index (χ1n) is 5.32. The number of nitrogens with zero attached hydrogens (tertiary/aromatic N) is 2. The summed E-state index contributed by atoms with van der Waals surface area (Å²) in [6, 6.07) is 2.22. The standard InChI is InChI=1S/C12H14N2S2/c1-3-9(2)10-6-11(8-13-7-10)16-12-14-4-5-15-12/h4-9H,3H2,1-2H3. The molecule has 2 aromatic heterocycles. The van der Waals surface area contributed by atoms with Crippen LogP contribution in [-0.4, -0.2) is 9.97 Å². The maximum atomic E-state index is 4.29. The van der Waals surface area contributed by atoms with Crippen molar-refractivity contribution in [3.8, 4) is 0 Å². The number of rotatable bonds is 4. The average molecular weight is 250 g/mol. The normalized spacial score (nSPS) is 12.6. The minimum atomic E-state index is 0.573. The molecule has 2 rings (SSSR count). The lowest BCUT2D eigenvalue weighted by atomic mass is 10.0. The SMILES string of the molecule is CCC(C)c1cncc(Sc2nccs2)c1. The van der Waals surface area contributed by atoms with E-state index in [1.54, 1.807) is 23.1 Å². The monoisotopic (exact) mass is 250 g/mol. The molecule has 0 saturated carbocycles. The maximum Gasteiger partial charge on any atom is 0.154 e. The van der Waals surface area contributed by atoms with Crippen molar-refractivity contribution in [1.29, 1.82) is 0 Å². The number of pyridine rings is 1. The third-order valence-electron chi connectivity index (χ3n) is 2.53. The van der Waals surface area contributed by atoms with Gasteiger partial charge in [-0.3, -0.25) is 4.98 Å². The van der Waals surface area contributed by atoms with Crippen molar-refractivity contribution in [2.75, 3.05) is 0 Å². The van der Waals surface area contributed by atoms with Gasteiger partial charge in [-0.1, -0.05) is 25.6 Å². The Kier molecular flexibility index (Phi) is 3.96. The predicted molar refractivity (Wildman–Crippen MR) is 69.2 cm³/mol. The van der Waals surface area contributed by atoms with Gasteiger partial charge in [0.2, 0.25) is 0 Å². The Morgan fingerprint density at radius 1 is 1.44 bits per heavy atom. The Bertz CT molecular complexity index is 440. The van der Waals surface area contributed by atoms with E-state index >= 15 is 0 Å². The molecule has 2 nitrogen and oxygen atoms in total. The van der Waals surface area contributed by atoms with E-state index in [2.05, 4.69) is 29.9 Å². The molecule has 0 N–H and O–H groups in total. The van der Waals surface area contributed by atoms with Crippen molar-refractivity contribution in [2.24, 2.45) is 0 Å². The van der Waals surface area contributed by atoms with Crippen LogP contribution in [0.4, 0.5) is 0 Å². The first-order chi connectivity index (χ1) is 7.79. The zero-order valence-electron chi connectivity index (χ0n) is 9.38. The first kappa shape index (κ1) is 11.6. The Morgan fingerprint density at radius 3 is 3.00 bits per heavy atom. The molecule has 2 aromatic rings. The van der Waals surface area contributed by atoms with Crippen LogP contribution in [0.5, 0.6) is 0 Å². The number of hydrogen-bond acceptors (Lipinski definition) is 4. The molecule has 0 bridgehead atoms. The summed E-state index contributed by atoms with van der Waals surface area (Å²) in [5.74, 6) is 0.573. The molecule has 0 radical (unpaired) electrons. The Morgan fingerprint density at radius 2 is 2.31 bits per heavy atom. The summed E-state index contributed by atoms with van der Waals surface area (Å²) in [4.78, 5) is 9.72. The van der Waals surface area contributed by atoms with Crippen LogP contribution in [-0.2, 0) is 0 Å². The van der Waals surface area contributed by atoms with Gasteiger partial charge in [0.15, 0.2) is 4.34 Å². The number of aromatic nitrogens is 2. The molecule has 0 aliphatic carbocycles. The lowest BCUT2D eigenvalue weighted by molar-refractivity contribution is 0.726.